The molecule has 0 bridgehead atoms. The Bertz CT molecular complexity index is 1360. The van der Waals surface area contributed by atoms with Gasteiger partial charge < -0.3 is 20.4 Å². The Hall–Kier alpha value is -2.72. The minimum Gasteiger partial charge on any atom is -0.387 e. The normalized spacial score (nSPS) is 16.4. The molecule has 0 aromatic carbocycles. The molecule has 44 heteroatoms. The highest BCUT2D eigenvalue weighted by Crippen LogP contribution is 2.70. The van der Waals surface area contributed by atoms with Gasteiger partial charge in [-0.05, 0) is 0 Å². The predicted molar refractivity (Wildman–Crippen MR) is 119 cm³/mol. The van der Waals surface area contributed by atoms with Crippen molar-refractivity contribution >= 4 is 0 Å². The Morgan fingerprint density at radius 3 is 0.400 bits per heavy atom. The van der Waals surface area contributed by atoms with E-state index in [-0.39, 0.29) is 0 Å². The molecule has 0 aliphatic heterocycles. The minimum atomic E-state index is -10.8. The van der Waals surface area contributed by atoms with E-state index in [2.05, 4.69) is 0 Å². The highest BCUT2D eigenvalue weighted by Gasteiger charge is 2.99. The third-order valence-electron chi connectivity index (χ3n) is 5.97. The highest BCUT2D eigenvalue weighted by molar-refractivity contribution is 5.09. The number of hydrogen-bond acceptors (Lipinski definition) is 12. The van der Waals surface area contributed by atoms with E-state index in [1.165, 1.54) is 18.9 Å². The summed E-state index contributed by atoms with van der Waals surface area (Å²) in [5, 5.41) is 32.3. The smallest absolute Gasteiger partial charge is 0.387 e. The standard InChI is InChI=1S/C21H12F32O12/c22-5(23,1-54)58-14(38,39)18(46,47)62-10(30,31)9(11(32,33)63-19(48,49)15(40,41)59-6(24,25)2-55,12(34,35)64-20(50,51)16(42,43)60-7(26,27)3-56)13(36,37)65-21(52,53)17(44,45)61-8(28,29)4-57/h54-57H,1-4H2. The first-order valence-corrected chi connectivity index (χ1v) is 14.0. The van der Waals surface area contributed by atoms with Crippen LogP contribution in [0.2, 0.25) is 0 Å². The van der Waals surface area contributed by atoms with Crippen LogP contribution in [0.5, 0.6) is 0 Å². The third-order valence-corrected chi connectivity index (χ3v) is 5.97. The van der Waals surface area contributed by atoms with Crippen LogP contribution in [0.3, 0.4) is 0 Å². The molecule has 0 heterocycles. The molecule has 0 aromatic rings. The van der Waals surface area contributed by atoms with Crippen molar-refractivity contribution < 1.29 is 199 Å². The zero-order valence-electron chi connectivity index (χ0n) is 28.5. The van der Waals surface area contributed by atoms with Crippen LogP contribution in [0, 0.1) is 5.41 Å². The first-order chi connectivity index (χ1) is 27.9. The van der Waals surface area contributed by atoms with Gasteiger partial charge in [0.05, 0.1) is 0 Å². The molecular weight excluding hydrogens is 1050 g/mol. The van der Waals surface area contributed by atoms with Crippen molar-refractivity contribution in [2.24, 2.45) is 5.41 Å². The summed E-state index contributed by atoms with van der Waals surface area (Å²) in [6, 6.07) is 0. The van der Waals surface area contributed by atoms with Gasteiger partial charge in [0.1, 0.15) is 26.4 Å². The second kappa shape index (κ2) is 18.0. The van der Waals surface area contributed by atoms with Gasteiger partial charge in [-0.3, -0.25) is 0 Å². The van der Waals surface area contributed by atoms with E-state index in [0.29, 0.717) is 0 Å². The van der Waals surface area contributed by atoms with Crippen LogP contribution in [0.15, 0.2) is 0 Å². The number of ether oxygens (including phenoxy) is 8. The lowest BCUT2D eigenvalue weighted by atomic mass is 9.80. The third kappa shape index (κ3) is 12.9. The monoisotopic (exact) mass is 1060 g/mol. The second-order valence-corrected chi connectivity index (χ2v) is 10.9. The van der Waals surface area contributed by atoms with Crippen molar-refractivity contribution in [1.29, 1.82) is 0 Å². The number of aliphatic hydroxyl groups is 4. The quantitative estimate of drug-likeness (QED) is 0.0572. The van der Waals surface area contributed by atoms with Crippen LogP contribution in [-0.2, 0) is 37.9 Å². The van der Waals surface area contributed by atoms with Gasteiger partial charge in [-0.2, -0.15) is 140 Å². The molecule has 0 fully saturated rings. The Kier molecular flexibility index (Phi) is 17.2. The van der Waals surface area contributed by atoms with Gasteiger partial charge in [0.25, 0.3) is 0 Å². The highest BCUT2D eigenvalue weighted by atomic mass is 19.4. The molecule has 0 rings (SSSR count). The maximum Gasteiger partial charge on any atom is 0.453 e. The number of halogens is 32. The second-order valence-electron chi connectivity index (χ2n) is 10.9. The van der Waals surface area contributed by atoms with Crippen molar-refractivity contribution in [2.45, 2.75) is 97.7 Å². The van der Waals surface area contributed by atoms with Crippen LogP contribution in [0.25, 0.3) is 0 Å². The van der Waals surface area contributed by atoms with E-state index in [4.69, 9.17) is 20.4 Å². The van der Waals surface area contributed by atoms with Crippen LogP contribution in [-0.4, -0.2) is 145 Å². The van der Waals surface area contributed by atoms with E-state index in [1.807, 2.05) is 0 Å². The molecule has 0 amide bonds. The van der Waals surface area contributed by atoms with Crippen molar-refractivity contribution in [3.63, 3.8) is 0 Å². The van der Waals surface area contributed by atoms with Gasteiger partial charge in [-0.15, -0.1) is 0 Å². The molecule has 0 saturated carbocycles. The van der Waals surface area contributed by atoms with E-state index >= 15 is 35.1 Å². The number of aliphatic hydroxyl groups excluding tert-OH is 4. The Morgan fingerprint density at radius 2 is 0.292 bits per heavy atom. The van der Waals surface area contributed by atoms with Crippen LogP contribution in [0.4, 0.5) is 140 Å². The average Bonchev–Trinajstić information content (AvgIpc) is 2.99. The van der Waals surface area contributed by atoms with Gasteiger partial charge in [-0.25, -0.2) is 37.9 Å². The zero-order chi connectivity index (χ0) is 53.0. The molecule has 12 nitrogen and oxygen atoms in total. The Morgan fingerprint density at radius 1 is 0.185 bits per heavy atom. The molecule has 0 aromatic heterocycles. The first-order valence-electron chi connectivity index (χ1n) is 14.0. The fourth-order valence-corrected chi connectivity index (χ4v) is 3.32. The largest absolute Gasteiger partial charge is 0.453 e. The fourth-order valence-electron chi connectivity index (χ4n) is 3.32. The lowest BCUT2D eigenvalue weighted by Gasteiger charge is -2.51. The summed E-state index contributed by atoms with van der Waals surface area (Å²) in [6.45, 7) is -14.1. The fraction of sp³-hybridized carbons (Fsp3) is 1.00. The molecule has 0 aliphatic rings. The van der Waals surface area contributed by atoms with Gasteiger partial charge in [0, 0.05) is 0 Å². The van der Waals surface area contributed by atoms with Gasteiger partial charge in [-0.1, -0.05) is 0 Å². The Labute approximate surface area is 329 Å². The lowest BCUT2D eigenvalue weighted by Crippen LogP contribution is -2.78. The minimum absolute atomic E-state index is 0.913. The zero-order valence-corrected chi connectivity index (χ0v) is 28.5. The average molecular weight is 1060 g/mol. The summed E-state index contributed by atoms with van der Waals surface area (Å²) >= 11 is 0. The van der Waals surface area contributed by atoms with Gasteiger partial charge in [0.15, 0.2) is 0 Å². The first kappa shape index (κ1) is 62.3. The molecule has 0 unspecified atom stereocenters. The van der Waals surface area contributed by atoms with E-state index in [9.17, 15) is 105 Å². The summed E-state index contributed by atoms with van der Waals surface area (Å²) in [6.07, 6.45) is -136. The SMILES string of the molecule is OCC(F)(F)OC(F)(F)C(F)(F)OC(F)(F)C(C(F)(F)OC(F)(F)C(F)(F)OC(F)(F)CO)(C(F)(F)OC(F)(F)C(F)(F)OC(F)(F)CO)C(F)(F)OC(F)(F)C(F)(F)OC(F)(F)CO. The predicted octanol–water partition coefficient (Wildman–Crippen LogP) is 7.56. The van der Waals surface area contributed by atoms with Crippen LogP contribution in [0.1, 0.15) is 0 Å². The molecular formula is C21H12F32O12. The molecule has 0 atom stereocenters. The number of rotatable bonds is 28. The number of alkyl halides is 32. The topological polar surface area (TPSA) is 155 Å². The van der Waals surface area contributed by atoms with Gasteiger partial charge >= 0.3 is 103 Å². The van der Waals surface area contributed by atoms with E-state index in [0.717, 1.165) is 18.9 Å². The molecule has 4 N–H and O–H groups in total. The van der Waals surface area contributed by atoms with E-state index in [1.54, 1.807) is 0 Å². The summed E-state index contributed by atoms with van der Waals surface area (Å²) in [5.41, 5.74) is -10.8. The van der Waals surface area contributed by atoms with Crippen molar-refractivity contribution in [1.82, 2.24) is 0 Å². The molecule has 392 valence electrons. The molecule has 0 aliphatic carbocycles. The van der Waals surface area contributed by atoms with Crippen molar-refractivity contribution in [3.05, 3.63) is 0 Å². The number of hydrogen-bond donors (Lipinski definition) is 4. The summed E-state index contributed by atoms with van der Waals surface area (Å²) < 4.78 is 464. The lowest BCUT2D eigenvalue weighted by molar-refractivity contribution is -0.642. The maximum atomic E-state index is 15.5. The summed E-state index contributed by atoms with van der Waals surface area (Å²) in [7, 11) is 0. The Balaban J connectivity index is 9.32. The molecule has 0 radical (unpaired) electrons. The molecule has 0 saturated heterocycles. The van der Waals surface area contributed by atoms with Crippen LogP contribution >= 0.6 is 0 Å². The summed E-state index contributed by atoms with van der Waals surface area (Å²) in [4.78, 5) is 0. The van der Waals surface area contributed by atoms with Gasteiger partial charge in [0.2, 0.25) is 0 Å². The van der Waals surface area contributed by atoms with Crippen molar-refractivity contribution in [3.8, 4) is 0 Å². The molecule has 0 spiro atoms. The van der Waals surface area contributed by atoms with E-state index < -0.39 is 130 Å². The van der Waals surface area contributed by atoms with Crippen LogP contribution < -0.4 is 0 Å². The maximum absolute atomic E-state index is 15.5. The summed E-state index contributed by atoms with van der Waals surface area (Å²) in [5.74, 6) is 0. The molecule has 65 heavy (non-hydrogen) atoms. The van der Waals surface area contributed by atoms with Crippen molar-refractivity contribution in [2.75, 3.05) is 26.4 Å².